The van der Waals surface area contributed by atoms with Crippen molar-refractivity contribution in [3.63, 3.8) is 0 Å². The number of esters is 1. The number of β-lactam (4-membered cyclic amide) rings is 1. The van der Waals surface area contributed by atoms with Crippen molar-refractivity contribution in [1.82, 2.24) is 10.2 Å². The molecule has 0 bridgehead atoms. The first-order valence-corrected chi connectivity index (χ1v) is 12.8. The van der Waals surface area contributed by atoms with Gasteiger partial charge < -0.3 is 15.2 Å². The number of rotatable bonds is 8. The van der Waals surface area contributed by atoms with E-state index < -0.39 is 50.3 Å². The molecule has 2 amide bonds. The van der Waals surface area contributed by atoms with Crippen LogP contribution in [-0.4, -0.2) is 65.7 Å². The maximum absolute atomic E-state index is 13.2. The van der Waals surface area contributed by atoms with Crippen LogP contribution in [0, 0.1) is 0 Å². The van der Waals surface area contributed by atoms with Crippen molar-refractivity contribution in [2.45, 2.75) is 39.7 Å². The predicted molar refractivity (Wildman–Crippen MR) is 131 cm³/mol. The molecule has 1 aromatic rings. The number of nitrogens with one attached hydrogen (secondary N) is 1. The van der Waals surface area contributed by atoms with Gasteiger partial charge in [0.15, 0.2) is 9.33 Å². The summed E-state index contributed by atoms with van der Waals surface area (Å²) >= 11 is 25.5. The van der Waals surface area contributed by atoms with Crippen LogP contribution in [-0.2, 0) is 30.3 Å². The van der Waals surface area contributed by atoms with Gasteiger partial charge in [-0.25, -0.2) is 4.79 Å². The molecule has 3 rings (SSSR count). The first-order chi connectivity index (χ1) is 15.4. The lowest BCUT2D eigenvalue weighted by Crippen LogP contribution is -2.81. The molecule has 3 atom stereocenters. The number of thioether (sulfide) groups is 1. The highest BCUT2D eigenvalue weighted by Gasteiger charge is 2.66. The number of fused-ring (bicyclic) bond motifs is 1. The van der Waals surface area contributed by atoms with Crippen molar-refractivity contribution in [3.05, 3.63) is 33.7 Å². The second-order valence-corrected chi connectivity index (χ2v) is 12.3. The topological polar surface area (TPSA) is 113 Å². The molecule has 2 N–H and O–H groups in total. The minimum Gasteiger partial charge on any atom is -0.477 e. The van der Waals surface area contributed by atoms with Gasteiger partial charge in [-0.3, -0.25) is 19.3 Å². The molecule has 1 fully saturated rings. The Bertz CT molecular complexity index is 1030. The van der Waals surface area contributed by atoms with E-state index in [1.165, 1.54) is 18.3 Å². The number of carbonyl (C=O) groups excluding carboxylic acids is 3. The molecule has 178 valence electrons. The van der Waals surface area contributed by atoms with Crippen molar-refractivity contribution in [1.29, 1.82) is 0 Å². The molecule has 2 aliphatic rings. The van der Waals surface area contributed by atoms with Gasteiger partial charge in [0, 0.05) is 34.4 Å². The summed E-state index contributed by atoms with van der Waals surface area (Å²) in [4.78, 5) is 51.2. The molecule has 33 heavy (non-hydrogen) atoms. The zero-order chi connectivity index (χ0) is 24.6. The first-order valence-electron chi connectivity index (χ1n) is 9.35. The summed E-state index contributed by atoms with van der Waals surface area (Å²) in [5.74, 6) is -3.22. The largest absolute Gasteiger partial charge is 0.477 e. The Balaban J connectivity index is 1.97. The highest BCUT2D eigenvalue weighted by Crippen LogP contribution is 2.51. The van der Waals surface area contributed by atoms with Crippen LogP contribution in [0.15, 0.2) is 28.8 Å². The molecule has 2 aliphatic heterocycles. The van der Waals surface area contributed by atoms with Crippen LogP contribution in [0.25, 0.3) is 0 Å². The Labute approximate surface area is 217 Å². The number of halogens is 3. The summed E-state index contributed by atoms with van der Waals surface area (Å²) in [5, 5.41) is 13.9. The molecule has 0 aromatic carbocycles. The number of aliphatic carboxylic acids is 1. The fourth-order valence-electron chi connectivity index (χ4n) is 3.54. The summed E-state index contributed by atoms with van der Waals surface area (Å²) in [5.41, 5.74) is -1.89. The molecule has 1 unspecified atom stereocenters. The van der Waals surface area contributed by atoms with Gasteiger partial charge in [0.2, 0.25) is 5.91 Å². The Hall–Kier alpha value is -1.37. The second-order valence-electron chi connectivity index (χ2n) is 7.22. The fourth-order valence-corrected chi connectivity index (χ4v) is 7.13. The van der Waals surface area contributed by atoms with Crippen LogP contribution >= 0.6 is 70.1 Å². The van der Waals surface area contributed by atoms with Crippen molar-refractivity contribution in [2.75, 3.05) is 6.61 Å². The van der Waals surface area contributed by atoms with Gasteiger partial charge in [-0.2, -0.15) is 0 Å². The Morgan fingerprint density at radius 1 is 1.39 bits per heavy atom. The normalized spacial score (nSPS) is 24.6. The van der Waals surface area contributed by atoms with Gasteiger partial charge in [0.1, 0.15) is 17.7 Å². The van der Waals surface area contributed by atoms with Crippen LogP contribution < -0.4 is 5.32 Å². The summed E-state index contributed by atoms with van der Waals surface area (Å²) < 4.78 is 3.25. The number of carboxylic acid groups (broad SMARTS) is 1. The van der Waals surface area contributed by atoms with Gasteiger partial charge in [0.05, 0.1) is 6.42 Å². The first kappa shape index (κ1) is 26.2. The predicted octanol–water partition coefficient (Wildman–Crippen LogP) is 3.09. The van der Waals surface area contributed by atoms with Gasteiger partial charge in [-0.15, -0.1) is 23.1 Å². The summed E-state index contributed by atoms with van der Waals surface area (Å²) in [6.07, 6.45) is -0.102. The zero-order valence-electron chi connectivity index (χ0n) is 16.9. The quantitative estimate of drug-likeness (QED) is 0.212. The molecule has 0 spiro atoms. The fraction of sp³-hybridized carbons (Fsp3) is 0.421. The highest BCUT2D eigenvalue weighted by molar-refractivity contribution is 8.01. The van der Waals surface area contributed by atoms with E-state index in [1.54, 1.807) is 12.1 Å². The number of ether oxygens (including phenoxy) is 1. The molecule has 1 saturated heterocycles. The average Bonchev–Trinajstić information content (AvgIpc) is 3.21. The average molecular weight is 572 g/mol. The number of thiocarbonyl (C=S) groups is 1. The lowest BCUT2D eigenvalue weighted by Gasteiger charge is -2.57. The van der Waals surface area contributed by atoms with E-state index in [0.29, 0.717) is 0 Å². The lowest BCUT2D eigenvalue weighted by atomic mass is 9.87. The SMILES string of the molecule is CC(=O)OCC1=C(C(=O)O)N2C(=O)[C@](C=S)(NC(=O)Cc3cccs3)[C@H]2SC1CC(Cl)(Cl)Cl. The second kappa shape index (κ2) is 10.1. The zero-order valence-corrected chi connectivity index (χ0v) is 21.6. The van der Waals surface area contributed by atoms with Gasteiger partial charge in [-0.05, 0) is 11.4 Å². The third kappa shape index (κ3) is 5.49. The van der Waals surface area contributed by atoms with E-state index >= 15 is 0 Å². The summed E-state index contributed by atoms with van der Waals surface area (Å²) in [7, 11) is 0. The number of amides is 2. The van der Waals surface area contributed by atoms with Crippen molar-refractivity contribution >= 4 is 99.2 Å². The smallest absolute Gasteiger partial charge is 0.352 e. The molecule has 8 nitrogen and oxygen atoms in total. The minimum atomic E-state index is -1.76. The van der Waals surface area contributed by atoms with Gasteiger partial charge in [0.25, 0.3) is 5.91 Å². The van der Waals surface area contributed by atoms with Crippen molar-refractivity contribution < 1.29 is 29.0 Å². The number of hydrogen-bond donors (Lipinski definition) is 2. The van der Waals surface area contributed by atoms with E-state index in [2.05, 4.69) is 5.32 Å². The number of hydrogen-bond acceptors (Lipinski definition) is 8. The maximum atomic E-state index is 13.2. The van der Waals surface area contributed by atoms with Crippen LogP contribution in [0.5, 0.6) is 0 Å². The Morgan fingerprint density at radius 3 is 2.61 bits per heavy atom. The molecular weight excluding hydrogens is 555 g/mol. The Morgan fingerprint density at radius 2 is 2.09 bits per heavy atom. The number of alkyl halides is 3. The van der Waals surface area contributed by atoms with Crippen LogP contribution in [0.1, 0.15) is 18.2 Å². The van der Waals surface area contributed by atoms with Crippen LogP contribution in [0.2, 0.25) is 0 Å². The van der Waals surface area contributed by atoms with E-state index in [0.717, 1.165) is 26.9 Å². The molecule has 0 aliphatic carbocycles. The minimum absolute atomic E-state index is 0.0319. The Kier molecular flexibility index (Phi) is 8.02. The van der Waals surface area contributed by atoms with Crippen molar-refractivity contribution in [3.8, 4) is 0 Å². The molecule has 3 heterocycles. The maximum Gasteiger partial charge on any atom is 0.352 e. The van der Waals surface area contributed by atoms with E-state index in [1.807, 2.05) is 5.38 Å². The molecular formula is C19H17Cl3N2O6S3. The van der Waals surface area contributed by atoms with E-state index in [-0.39, 0.29) is 24.1 Å². The third-order valence-electron chi connectivity index (χ3n) is 4.92. The number of nitrogens with zero attached hydrogens (tertiary/aromatic N) is 1. The van der Waals surface area contributed by atoms with Crippen LogP contribution in [0.3, 0.4) is 0 Å². The number of carboxylic acids is 1. The highest BCUT2D eigenvalue weighted by atomic mass is 35.6. The molecule has 0 radical (unpaired) electrons. The molecule has 1 aromatic heterocycles. The lowest BCUT2D eigenvalue weighted by molar-refractivity contribution is -0.154. The van der Waals surface area contributed by atoms with E-state index in [9.17, 15) is 24.3 Å². The summed E-state index contributed by atoms with van der Waals surface area (Å²) in [6.45, 7) is 0.764. The molecule has 0 saturated carbocycles. The standard InChI is InChI=1S/C19H17Cl3N2O6S3/c1-9(25)30-7-11-12(6-19(20,21)22)33-17-18(8-31,16(29)24(17)14(11)15(27)28)23-13(26)5-10-3-2-4-32-10/h2-4,8,12,17H,5-7H2,1H3,(H,23,26)(H,27,28)/t12?,17-,18+/m1/s1. The van der Waals surface area contributed by atoms with E-state index in [4.69, 9.17) is 51.8 Å². The number of thiophene rings is 1. The molecule has 14 heteroatoms. The monoisotopic (exact) mass is 570 g/mol. The van der Waals surface area contributed by atoms with Gasteiger partial charge >= 0.3 is 11.9 Å². The van der Waals surface area contributed by atoms with Crippen LogP contribution in [0.4, 0.5) is 0 Å². The number of carbonyl (C=O) groups is 4. The summed E-state index contributed by atoms with van der Waals surface area (Å²) in [6, 6.07) is 3.58. The van der Waals surface area contributed by atoms with Crippen molar-refractivity contribution in [2.24, 2.45) is 0 Å². The third-order valence-corrected chi connectivity index (χ3v) is 8.25. The van der Waals surface area contributed by atoms with Gasteiger partial charge in [-0.1, -0.05) is 53.1 Å².